The Bertz CT molecular complexity index is 641. The fourth-order valence-corrected chi connectivity index (χ4v) is 1.59. The van der Waals surface area contributed by atoms with E-state index < -0.39 is 0 Å². The molecular weight excluding hydrogens is 278 g/mol. The first-order valence-electron chi connectivity index (χ1n) is 6.03. The van der Waals surface area contributed by atoms with Crippen molar-refractivity contribution < 1.29 is 4.74 Å². The third kappa shape index (κ3) is 3.80. The SMILES string of the molecule is CCCOc1nc(Cl)nc(Nc2cccc(C#N)c2)n1. The molecular formula is C13H12ClN5O. The van der Waals surface area contributed by atoms with Crippen LogP contribution in [0.15, 0.2) is 24.3 Å². The fourth-order valence-electron chi connectivity index (χ4n) is 1.44. The van der Waals surface area contributed by atoms with E-state index in [0.717, 1.165) is 6.42 Å². The molecule has 2 rings (SSSR count). The Morgan fingerprint density at radius 3 is 2.95 bits per heavy atom. The van der Waals surface area contributed by atoms with Gasteiger partial charge in [0.2, 0.25) is 11.2 Å². The Kier molecular flexibility index (Phi) is 4.69. The molecule has 1 N–H and O–H groups in total. The summed E-state index contributed by atoms with van der Waals surface area (Å²) in [4.78, 5) is 11.9. The van der Waals surface area contributed by atoms with Crippen molar-refractivity contribution >= 4 is 23.2 Å². The number of ether oxygens (including phenoxy) is 1. The van der Waals surface area contributed by atoms with Crippen LogP contribution in [0.2, 0.25) is 5.28 Å². The zero-order valence-corrected chi connectivity index (χ0v) is 11.6. The van der Waals surface area contributed by atoms with E-state index >= 15 is 0 Å². The summed E-state index contributed by atoms with van der Waals surface area (Å²) in [6.45, 7) is 2.49. The lowest BCUT2D eigenvalue weighted by Crippen LogP contribution is -2.04. The summed E-state index contributed by atoms with van der Waals surface area (Å²) in [5.74, 6) is 0.270. The highest BCUT2D eigenvalue weighted by Gasteiger charge is 2.06. The standard InChI is InChI=1S/C13H12ClN5O/c1-2-6-20-13-18-11(14)17-12(19-13)16-10-5-3-4-9(7-10)8-15/h3-5,7H,2,6H2,1H3,(H,16,17,18,19). The molecule has 1 heterocycles. The number of nitrogens with zero attached hydrogens (tertiary/aromatic N) is 4. The van der Waals surface area contributed by atoms with Gasteiger partial charge in [0, 0.05) is 5.69 Å². The number of benzene rings is 1. The van der Waals surface area contributed by atoms with Crippen molar-refractivity contribution in [3.63, 3.8) is 0 Å². The monoisotopic (exact) mass is 289 g/mol. The van der Waals surface area contributed by atoms with E-state index in [9.17, 15) is 0 Å². The van der Waals surface area contributed by atoms with Crippen molar-refractivity contribution in [3.8, 4) is 12.1 Å². The van der Waals surface area contributed by atoms with Crippen molar-refractivity contribution in [2.24, 2.45) is 0 Å². The van der Waals surface area contributed by atoms with Crippen molar-refractivity contribution in [1.82, 2.24) is 15.0 Å². The lowest BCUT2D eigenvalue weighted by atomic mass is 10.2. The fraction of sp³-hybridized carbons (Fsp3) is 0.231. The van der Waals surface area contributed by atoms with E-state index in [1.807, 2.05) is 6.92 Å². The van der Waals surface area contributed by atoms with E-state index in [4.69, 9.17) is 21.6 Å². The first-order chi connectivity index (χ1) is 9.71. The van der Waals surface area contributed by atoms with Gasteiger partial charge in [0.05, 0.1) is 18.2 Å². The minimum absolute atomic E-state index is 0.0463. The second-order valence-electron chi connectivity index (χ2n) is 3.88. The molecule has 0 fully saturated rings. The summed E-state index contributed by atoms with van der Waals surface area (Å²) in [5, 5.41) is 11.9. The van der Waals surface area contributed by atoms with Crippen molar-refractivity contribution in [2.45, 2.75) is 13.3 Å². The Morgan fingerprint density at radius 2 is 2.20 bits per heavy atom. The largest absolute Gasteiger partial charge is 0.463 e. The molecule has 0 bridgehead atoms. The van der Waals surface area contributed by atoms with Crippen LogP contribution in [-0.2, 0) is 0 Å². The highest BCUT2D eigenvalue weighted by atomic mass is 35.5. The summed E-state index contributed by atoms with van der Waals surface area (Å²) in [5.41, 5.74) is 1.23. The molecule has 7 heteroatoms. The average Bonchev–Trinajstić information content (AvgIpc) is 2.44. The zero-order valence-electron chi connectivity index (χ0n) is 10.8. The molecule has 0 aliphatic carbocycles. The first kappa shape index (κ1) is 14.0. The number of aromatic nitrogens is 3. The predicted octanol–water partition coefficient (Wildman–Crippen LogP) is 2.93. The molecule has 1 aromatic heterocycles. The van der Waals surface area contributed by atoms with E-state index in [0.29, 0.717) is 17.9 Å². The molecule has 20 heavy (non-hydrogen) atoms. The van der Waals surface area contributed by atoms with Crippen LogP contribution in [-0.4, -0.2) is 21.6 Å². The second kappa shape index (κ2) is 6.68. The van der Waals surface area contributed by atoms with Gasteiger partial charge in [-0.15, -0.1) is 0 Å². The van der Waals surface area contributed by atoms with Crippen molar-refractivity contribution in [1.29, 1.82) is 5.26 Å². The normalized spacial score (nSPS) is 9.85. The lowest BCUT2D eigenvalue weighted by molar-refractivity contribution is 0.292. The molecule has 0 saturated heterocycles. The summed E-state index contributed by atoms with van der Waals surface area (Å²) in [6, 6.07) is 9.19. The molecule has 6 nitrogen and oxygen atoms in total. The van der Waals surface area contributed by atoms with E-state index in [-0.39, 0.29) is 17.2 Å². The van der Waals surface area contributed by atoms with Crippen LogP contribution in [0, 0.1) is 11.3 Å². The lowest BCUT2D eigenvalue weighted by Gasteiger charge is -2.07. The maximum Gasteiger partial charge on any atom is 0.322 e. The molecule has 0 atom stereocenters. The summed E-state index contributed by atoms with van der Waals surface area (Å²) >= 11 is 5.82. The third-order valence-corrected chi connectivity index (χ3v) is 2.44. The van der Waals surface area contributed by atoms with Crippen LogP contribution in [0.25, 0.3) is 0 Å². The van der Waals surface area contributed by atoms with Gasteiger partial charge >= 0.3 is 6.01 Å². The minimum atomic E-state index is 0.0463. The van der Waals surface area contributed by atoms with Crippen LogP contribution < -0.4 is 10.1 Å². The zero-order chi connectivity index (χ0) is 14.4. The second-order valence-corrected chi connectivity index (χ2v) is 4.21. The predicted molar refractivity (Wildman–Crippen MR) is 75.1 cm³/mol. The molecule has 0 spiro atoms. The minimum Gasteiger partial charge on any atom is -0.463 e. The smallest absolute Gasteiger partial charge is 0.322 e. The Balaban J connectivity index is 2.20. The van der Waals surface area contributed by atoms with Gasteiger partial charge in [-0.05, 0) is 36.2 Å². The van der Waals surface area contributed by atoms with Gasteiger partial charge < -0.3 is 10.1 Å². The molecule has 102 valence electrons. The van der Waals surface area contributed by atoms with Crippen molar-refractivity contribution in [2.75, 3.05) is 11.9 Å². The Labute approximate surface area is 121 Å². The Hall–Kier alpha value is -2.39. The third-order valence-electron chi connectivity index (χ3n) is 2.27. The van der Waals surface area contributed by atoms with Crippen LogP contribution in [0.5, 0.6) is 6.01 Å². The van der Waals surface area contributed by atoms with Gasteiger partial charge in [-0.25, -0.2) is 0 Å². The highest BCUT2D eigenvalue weighted by Crippen LogP contribution is 2.17. The van der Waals surface area contributed by atoms with Gasteiger partial charge in [-0.3, -0.25) is 0 Å². The molecule has 0 amide bonds. The summed E-state index contributed by atoms with van der Waals surface area (Å²) in [6.07, 6.45) is 0.844. The summed E-state index contributed by atoms with van der Waals surface area (Å²) in [7, 11) is 0. The van der Waals surface area contributed by atoms with Gasteiger partial charge in [-0.2, -0.15) is 20.2 Å². The van der Waals surface area contributed by atoms with Crippen molar-refractivity contribution in [3.05, 3.63) is 35.1 Å². The topological polar surface area (TPSA) is 83.7 Å². The molecule has 0 saturated carbocycles. The van der Waals surface area contributed by atoms with Crippen LogP contribution in [0.1, 0.15) is 18.9 Å². The first-order valence-corrected chi connectivity index (χ1v) is 6.40. The van der Waals surface area contributed by atoms with E-state index in [1.165, 1.54) is 0 Å². The maximum absolute atomic E-state index is 8.85. The highest BCUT2D eigenvalue weighted by molar-refractivity contribution is 6.28. The number of nitrogens with one attached hydrogen (secondary N) is 1. The Morgan fingerprint density at radius 1 is 1.35 bits per heavy atom. The molecule has 1 aromatic carbocycles. The van der Waals surface area contributed by atoms with Crippen LogP contribution in [0.4, 0.5) is 11.6 Å². The number of hydrogen-bond acceptors (Lipinski definition) is 6. The molecule has 0 aliphatic heterocycles. The quantitative estimate of drug-likeness (QED) is 0.911. The maximum atomic E-state index is 8.85. The number of halogens is 1. The van der Waals surface area contributed by atoms with Gasteiger partial charge in [0.1, 0.15) is 0 Å². The van der Waals surface area contributed by atoms with Crippen LogP contribution >= 0.6 is 11.6 Å². The molecule has 0 unspecified atom stereocenters. The van der Waals surface area contributed by atoms with E-state index in [2.05, 4.69) is 26.3 Å². The number of rotatable bonds is 5. The number of anilines is 2. The average molecular weight is 290 g/mol. The van der Waals surface area contributed by atoms with Gasteiger partial charge in [0.25, 0.3) is 0 Å². The molecule has 0 radical (unpaired) electrons. The van der Waals surface area contributed by atoms with E-state index in [1.54, 1.807) is 24.3 Å². The molecule has 0 aliphatic rings. The summed E-state index contributed by atoms with van der Waals surface area (Å²) < 4.78 is 5.32. The number of hydrogen-bond donors (Lipinski definition) is 1. The number of nitriles is 1. The van der Waals surface area contributed by atoms with Gasteiger partial charge in [0.15, 0.2) is 0 Å². The van der Waals surface area contributed by atoms with Crippen LogP contribution in [0.3, 0.4) is 0 Å². The van der Waals surface area contributed by atoms with Gasteiger partial charge in [-0.1, -0.05) is 13.0 Å². The molecule has 2 aromatic rings.